The van der Waals surface area contributed by atoms with Gasteiger partial charge in [-0.3, -0.25) is 9.59 Å². The fourth-order valence-corrected chi connectivity index (χ4v) is 2.25. The molecule has 0 aliphatic heterocycles. The van der Waals surface area contributed by atoms with Gasteiger partial charge in [-0.15, -0.1) is 0 Å². The van der Waals surface area contributed by atoms with Gasteiger partial charge in [0, 0.05) is 25.6 Å². The first-order valence-corrected chi connectivity index (χ1v) is 6.31. The summed E-state index contributed by atoms with van der Waals surface area (Å²) < 4.78 is 0. The molecule has 1 aliphatic rings. The highest BCUT2D eigenvalue weighted by Gasteiger charge is 2.42. The van der Waals surface area contributed by atoms with Gasteiger partial charge >= 0.3 is 0 Å². The Bertz CT molecular complexity index is 293. The third-order valence-electron chi connectivity index (χ3n) is 3.56. The van der Waals surface area contributed by atoms with Crippen LogP contribution in [0, 0.1) is 5.41 Å². The van der Waals surface area contributed by atoms with Gasteiger partial charge in [0.1, 0.15) is 0 Å². The summed E-state index contributed by atoms with van der Waals surface area (Å²) >= 11 is 0. The van der Waals surface area contributed by atoms with Gasteiger partial charge in [-0.2, -0.15) is 0 Å². The second kappa shape index (κ2) is 6.00. The summed E-state index contributed by atoms with van der Waals surface area (Å²) in [5.74, 6) is -0.0551. The van der Waals surface area contributed by atoms with Crippen molar-refractivity contribution < 1.29 is 9.59 Å². The van der Waals surface area contributed by atoms with Crippen LogP contribution in [0.2, 0.25) is 0 Å². The van der Waals surface area contributed by atoms with E-state index in [1.54, 1.807) is 0 Å². The number of amides is 2. The molecule has 0 radical (unpaired) electrons. The molecule has 1 saturated carbocycles. The molecule has 5 nitrogen and oxygen atoms in total. The maximum atomic E-state index is 12.0. The molecule has 0 saturated heterocycles. The molecule has 5 heteroatoms. The number of hydrogen-bond acceptors (Lipinski definition) is 3. The Morgan fingerprint density at radius 3 is 2.65 bits per heavy atom. The fourth-order valence-electron chi connectivity index (χ4n) is 2.25. The molecular formula is C12H23N3O2. The molecule has 1 aliphatic carbocycles. The van der Waals surface area contributed by atoms with Gasteiger partial charge in [-0.25, -0.2) is 0 Å². The van der Waals surface area contributed by atoms with Crippen LogP contribution in [0.15, 0.2) is 0 Å². The average Bonchev–Trinajstić information content (AvgIpc) is 2.61. The Labute approximate surface area is 103 Å². The zero-order valence-corrected chi connectivity index (χ0v) is 10.7. The van der Waals surface area contributed by atoms with Gasteiger partial charge in [0.05, 0.1) is 5.41 Å². The predicted octanol–water partition coefficient (Wildman–Crippen LogP) is 0.146. The lowest BCUT2D eigenvalue weighted by atomic mass is 9.84. The Morgan fingerprint density at radius 2 is 2.12 bits per heavy atom. The van der Waals surface area contributed by atoms with E-state index in [9.17, 15) is 9.59 Å². The van der Waals surface area contributed by atoms with Crippen LogP contribution >= 0.6 is 0 Å². The lowest BCUT2D eigenvalue weighted by Crippen LogP contribution is -2.48. The molecule has 98 valence electrons. The topological polar surface area (TPSA) is 84.2 Å². The molecule has 2 amide bonds. The number of hydrogen-bond donors (Lipinski definition) is 3. The summed E-state index contributed by atoms with van der Waals surface area (Å²) in [4.78, 5) is 23.2. The van der Waals surface area contributed by atoms with Crippen molar-refractivity contribution in [3.63, 3.8) is 0 Å². The van der Waals surface area contributed by atoms with Crippen LogP contribution in [-0.2, 0) is 9.59 Å². The molecule has 1 fully saturated rings. The van der Waals surface area contributed by atoms with E-state index >= 15 is 0 Å². The minimum absolute atomic E-state index is 0.0215. The zero-order valence-electron chi connectivity index (χ0n) is 10.7. The Balaban J connectivity index is 2.32. The summed E-state index contributed by atoms with van der Waals surface area (Å²) in [6.45, 7) is 4.78. The number of carbonyl (C=O) groups excluding carboxylic acids is 2. The lowest BCUT2D eigenvalue weighted by molar-refractivity contribution is -0.130. The van der Waals surface area contributed by atoms with E-state index in [0.29, 0.717) is 19.5 Å². The van der Waals surface area contributed by atoms with E-state index in [0.717, 1.165) is 19.3 Å². The normalized spacial score (nSPS) is 27.8. The van der Waals surface area contributed by atoms with Crippen molar-refractivity contribution in [1.29, 1.82) is 0 Å². The summed E-state index contributed by atoms with van der Waals surface area (Å²) in [5.41, 5.74) is 5.50. The minimum atomic E-state index is -0.457. The van der Waals surface area contributed by atoms with Crippen LogP contribution in [0.1, 0.15) is 39.5 Å². The Morgan fingerprint density at radius 1 is 1.41 bits per heavy atom. The average molecular weight is 241 g/mol. The highest BCUT2D eigenvalue weighted by Crippen LogP contribution is 2.36. The quantitative estimate of drug-likeness (QED) is 0.640. The van der Waals surface area contributed by atoms with E-state index in [1.165, 1.54) is 0 Å². The predicted molar refractivity (Wildman–Crippen MR) is 66.2 cm³/mol. The molecule has 2 unspecified atom stereocenters. The molecule has 0 heterocycles. The van der Waals surface area contributed by atoms with Crippen molar-refractivity contribution in [3.05, 3.63) is 0 Å². The zero-order chi connectivity index (χ0) is 12.9. The first kappa shape index (κ1) is 14.0. The van der Waals surface area contributed by atoms with E-state index < -0.39 is 5.41 Å². The van der Waals surface area contributed by atoms with Gasteiger partial charge in [0.15, 0.2) is 0 Å². The standard InChI is InChI=1S/C12H23N3O2/c1-3-14-10(16)6-8-15-11(17)12(2)7-4-5-9(12)13/h9H,3-8,13H2,1-2H3,(H,14,16)(H,15,17). The van der Waals surface area contributed by atoms with E-state index in [4.69, 9.17) is 5.73 Å². The number of carbonyl (C=O) groups is 2. The maximum Gasteiger partial charge on any atom is 0.227 e. The van der Waals surface area contributed by atoms with E-state index in [-0.39, 0.29) is 17.9 Å². The van der Waals surface area contributed by atoms with Crippen LogP contribution in [-0.4, -0.2) is 30.9 Å². The van der Waals surface area contributed by atoms with Crippen LogP contribution in [0.3, 0.4) is 0 Å². The van der Waals surface area contributed by atoms with Gasteiger partial charge in [0.25, 0.3) is 0 Å². The van der Waals surface area contributed by atoms with E-state index in [1.807, 2.05) is 13.8 Å². The molecule has 17 heavy (non-hydrogen) atoms. The fraction of sp³-hybridized carbons (Fsp3) is 0.833. The first-order chi connectivity index (χ1) is 8.00. The number of nitrogens with two attached hydrogens (primary N) is 1. The molecule has 4 N–H and O–H groups in total. The Hall–Kier alpha value is -1.10. The second-order valence-electron chi connectivity index (χ2n) is 4.88. The smallest absolute Gasteiger partial charge is 0.227 e. The third-order valence-corrected chi connectivity index (χ3v) is 3.56. The van der Waals surface area contributed by atoms with Crippen LogP contribution in [0.5, 0.6) is 0 Å². The summed E-state index contributed by atoms with van der Waals surface area (Å²) in [6, 6.07) is -0.0630. The molecule has 0 bridgehead atoms. The highest BCUT2D eigenvalue weighted by molar-refractivity contribution is 5.84. The van der Waals surface area contributed by atoms with Gasteiger partial charge < -0.3 is 16.4 Å². The van der Waals surface area contributed by atoms with Gasteiger partial charge in [-0.05, 0) is 26.7 Å². The summed E-state index contributed by atoms with van der Waals surface area (Å²) in [6.07, 6.45) is 3.06. The SMILES string of the molecule is CCNC(=O)CCNC(=O)C1(C)CCCC1N. The van der Waals surface area contributed by atoms with Crippen molar-refractivity contribution in [1.82, 2.24) is 10.6 Å². The summed E-state index contributed by atoms with van der Waals surface area (Å²) in [7, 11) is 0. The number of rotatable bonds is 5. The van der Waals surface area contributed by atoms with Crippen LogP contribution in [0.4, 0.5) is 0 Å². The van der Waals surface area contributed by atoms with Crippen molar-refractivity contribution in [3.8, 4) is 0 Å². The molecule has 1 rings (SSSR count). The van der Waals surface area contributed by atoms with Gasteiger partial charge in [-0.1, -0.05) is 6.42 Å². The number of nitrogens with one attached hydrogen (secondary N) is 2. The molecule has 0 spiro atoms. The van der Waals surface area contributed by atoms with Crippen molar-refractivity contribution in [2.45, 2.75) is 45.6 Å². The van der Waals surface area contributed by atoms with Crippen molar-refractivity contribution >= 4 is 11.8 Å². The largest absolute Gasteiger partial charge is 0.356 e. The Kier molecular flexibility index (Phi) is 4.93. The third kappa shape index (κ3) is 3.43. The minimum Gasteiger partial charge on any atom is -0.356 e. The molecular weight excluding hydrogens is 218 g/mol. The van der Waals surface area contributed by atoms with Gasteiger partial charge in [0.2, 0.25) is 11.8 Å². The second-order valence-corrected chi connectivity index (χ2v) is 4.88. The molecule has 0 aromatic carbocycles. The molecule has 0 aromatic rings. The van der Waals surface area contributed by atoms with E-state index in [2.05, 4.69) is 10.6 Å². The maximum absolute atomic E-state index is 12.0. The van der Waals surface area contributed by atoms with Crippen LogP contribution in [0.25, 0.3) is 0 Å². The summed E-state index contributed by atoms with van der Waals surface area (Å²) in [5, 5.41) is 5.50. The van der Waals surface area contributed by atoms with Crippen molar-refractivity contribution in [2.75, 3.05) is 13.1 Å². The van der Waals surface area contributed by atoms with Crippen molar-refractivity contribution in [2.24, 2.45) is 11.1 Å². The monoisotopic (exact) mass is 241 g/mol. The highest BCUT2D eigenvalue weighted by atomic mass is 16.2. The molecule has 0 aromatic heterocycles. The van der Waals surface area contributed by atoms with Crippen LogP contribution < -0.4 is 16.4 Å². The first-order valence-electron chi connectivity index (χ1n) is 6.31. The molecule has 2 atom stereocenters. The lowest BCUT2D eigenvalue weighted by Gasteiger charge is -2.27.